The second-order valence-corrected chi connectivity index (χ2v) is 18.8. The predicted octanol–water partition coefficient (Wildman–Crippen LogP) is 2.88. The smallest absolute Gasteiger partial charge is 0.762 e. The fourth-order valence-electron chi connectivity index (χ4n) is 7.48. The van der Waals surface area contributed by atoms with Gasteiger partial charge in [-0.05, 0) is 59.9 Å². The molecule has 3 saturated heterocycles. The van der Waals surface area contributed by atoms with Crippen molar-refractivity contribution in [3.63, 3.8) is 0 Å². The Labute approximate surface area is 502 Å². The van der Waals surface area contributed by atoms with Crippen molar-refractivity contribution in [3.8, 4) is 0 Å². The molecule has 26 nitrogen and oxygen atoms in total. The molecule has 31 heteroatoms. The van der Waals surface area contributed by atoms with Gasteiger partial charge >= 0.3 is 25.5 Å². The van der Waals surface area contributed by atoms with Crippen LogP contribution >= 0.6 is 0 Å². The molecule has 500 valence electrons. The molecule has 0 aromatic heterocycles. The highest BCUT2D eigenvalue weighted by atomic mass is 19.4. The number of hydrogen-bond acceptors (Lipinski definition) is 20. The molecule has 0 unspecified atom stereocenters. The Morgan fingerprint density at radius 2 is 0.941 bits per heavy atom. The Morgan fingerprint density at radius 3 is 1.21 bits per heavy atom. The summed E-state index contributed by atoms with van der Waals surface area (Å²) >= 11 is 0. The summed E-state index contributed by atoms with van der Waals surface area (Å²) in [7, 11) is 3.45. The number of hydroxylamine groups is 6. The van der Waals surface area contributed by atoms with Crippen LogP contribution in [0.3, 0.4) is 0 Å². The SMILES string of the molecule is C.C.C.C.C(=NC1CCCCC1)=NC1CCCCC1.CCN(C(C)C)C(C)C.CN(C)C(ON1C(=O)CCC1=O)=[N+](C)C.FB(F)F.O=C(COCCOCCO)ON1C(=O)CCC1=O.O=C(O)COCCOCCO.O=C1CCC(=O)N1O.[F-]. The molecule has 5 fully saturated rings. The summed E-state index contributed by atoms with van der Waals surface area (Å²) in [6, 6.07) is 5.86. The third-order valence-electron chi connectivity index (χ3n) is 11.2. The fraction of sp³-hybridized carbons (Fsp3) is 0.815. The molecule has 85 heavy (non-hydrogen) atoms. The van der Waals surface area contributed by atoms with Gasteiger partial charge in [0.15, 0.2) is 0 Å². The molecule has 4 N–H and O–H groups in total. The maximum atomic E-state index is 11.3. The van der Waals surface area contributed by atoms with Crippen molar-refractivity contribution >= 4 is 67.0 Å². The highest BCUT2D eigenvalue weighted by Crippen LogP contribution is 2.21. The topological polar surface area (TPSA) is 317 Å². The highest BCUT2D eigenvalue weighted by Gasteiger charge is 2.35. The number of carbonyl (C=O) groups excluding carboxylic acids is 7. The van der Waals surface area contributed by atoms with Crippen LogP contribution in [0, 0.1) is 0 Å². The summed E-state index contributed by atoms with van der Waals surface area (Å²) in [6.07, 6.45) is 14.1. The number of rotatable bonds is 21. The van der Waals surface area contributed by atoms with Crippen molar-refractivity contribution in [1.29, 1.82) is 0 Å². The van der Waals surface area contributed by atoms with Crippen LogP contribution in [0.25, 0.3) is 0 Å². The molecule has 0 aromatic carbocycles. The molecule has 0 bridgehead atoms. The lowest BCUT2D eigenvalue weighted by Gasteiger charge is -2.28. The molecule has 0 aromatic rings. The van der Waals surface area contributed by atoms with Crippen LogP contribution in [-0.4, -0.2) is 242 Å². The summed E-state index contributed by atoms with van der Waals surface area (Å²) < 4.78 is 49.9. The molecule has 5 rings (SSSR count). The number of aliphatic imine (C=N–C) groups is 2. The molecule has 2 saturated carbocycles. The third kappa shape index (κ3) is 48.3. The Kier molecular flexibility index (Phi) is 63.1. The summed E-state index contributed by atoms with van der Waals surface area (Å²) in [4.78, 5) is 109. The Hall–Kier alpha value is -5.53. The average molecular weight is 1240 g/mol. The zero-order valence-corrected chi connectivity index (χ0v) is 48.6. The standard InChI is InChI=1S/C13H22N2.C10H15NO7.C9H16N3O3.C8H19N.C6H12O5.C4H5NO3.4CH4.BF3.FH/c1-3-7-12(8-4-1)14-11-15-13-9-5-2-6-10-13;12-3-4-16-5-6-17-7-10(15)18-11-8(13)1-2-9(11)14;1-10(2)9(11(3)4)15-12-7(13)5-6-8(12)14;1-6-9(7(2)3)8(4)5;7-1-2-10-3-4-11-5-6(8)9;6-3-1-2-4(7)5(3)8;;;;;2-1(3)4;/h12-13H,1-10H2;12H,1-7H2;5-6H2,1-4H3;7-8H,6H2,1-5H3;7H,1-5H2,(H,8,9);8H,1-2H2;4*1H4;;1H/q;;+1;;;;;;;;;/p-1. The number of carboxylic acids is 1. The Bertz CT molecular complexity index is 1830. The van der Waals surface area contributed by atoms with Crippen molar-refractivity contribution in [2.45, 2.75) is 191 Å². The molecule has 3 heterocycles. The number of aliphatic hydroxyl groups excluding tert-OH is 2. The number of imide groups is 3. The fourth-order valence-corrected chi connectivity index (χ4v) is 7.48. The van der Waals surface area contributed by atoms with Crippen molar-refractivity contribution in [1.82, 2.24) is 25.0 Å². The number of amides is 6. The van der Waals surface area contributed by atoms with E-state index in [4.69, 9.17) is 39.6 Å². The summed E-state index contributed by atoms with van der Waals surface area (Å²) in [5.74, 6) is -4.46. The van der Waals surface area contributed by atoms with Gasteiger partial charge in [-0.15, -0.1) is 5.06 Å². The van der Waals surface area contributed by atoms with Gasteiger partial charge in [-0.25, -0.2) is 29.0 Å². The molecular weight excluding hydrogens is 1140 g/mol. The van der Waals surface area contributed by atoms with Crippen molar-refractivity contribution in [3.05, 3.63) is 0 Å². The van der Waals surface area contributed by atoms with E-state index in [2.05, 4.69) is 65.1 Å². The summed E-state index contributed by atoms with van der Waals surface area (Å²) in [6.45, 7) is 12.9. The number of ether oxygens (including phenoxy) is 4. The van der Waals surface area contributed by atoms with E-state index >= 15 is 0 Å². The minimum atomic E-state index is -3.67. The second kappa shape index (κ2) is 57.5. The Morgan fingerprint density at radius 1 is 0.612 bits per heavy atom. The predicted molar refractivity (Wildman–Crippen MR) is 310 cm³/mol. The van der Waals surface area contributed by atoms with E-state index in [0.29, 0.717) is 41.9 Å². The van der Waals surface area contributed by atoms with Gasteiger partial charge in [0.25, 0.3) is 35.4 Å². The Balaban J connectivity index is -0.000000170. The van der Waals surface area contributed by atoms with Gasteiger partial charge in [-0.3, -0.25) is 56.7 Å². The number of aliphatic carboxylic acids is 1. The first-order valence-corrected chi connectivity index (χ1v) is 26.8. The molecule has 0 radical (unpaired) electrons. The maximum absolute atomic E-state index is 11.3. The maximum Gasteiger partial charge on any atom is 0.762 e. The zero-order valence-electron chi connectivity index (χ0n) is 48.6. The third-order valence-corrected chi connectivity index (χ3v) is 11.2. The lowest BCUT2D eigenvalue weighted by atomic mass is 9.96. The quantitative estimate of drug-likeness (QED) is 0.0188. The minimum Gasteiger partial charge on any atom is -1.00 e. The van der Waals surface area contributed by atoms with Gasteiger partial charge in [-0.2, -0.15) is 5.06 Å². The molecule has 0 spiro atoms. The highest BCUT2D eigenvalue weighted by molar-refractivity contribution is 6.33. The van der Waals surface area contributed by atoms with Crippen LogP contribution in [-0.2, 0) is 67.0 Å². The van der Waals surface area contributed by atoms with Crippen molar-refractivity contribution in [2.75, 3.05) is 101 Å². The summed E-state index contributed by atoms with van der Waals surface area (Å²) in [5.41, 5.74) is 0. The van der Waals surface area contributed by atoms with E-state index in [9.17, 15) is 51.3 Å². The van der Waals surface area contributed by atoms with Crippen molar-refractivity contribution < 1.29 is 110 Å². The van der Waals surface area contributed by atoms with Crippen LogP contribution in [0.5, 0.6) is 0 Å². The van der Waals surface area contributed by atoms with E-state index in [1.165, 1.54) is 64.2 Å². The largest absolute Gasteiger partial charge is 1.00 e. The van der Waals surface area contributed by atoms with Crippen LogP contribution < -0.4 is 4.70 Å². The molecule has 2 aliphatic carbocycles. The normalized spacial score (nSPS) is 15.1. The lowest BCUT2D eigenvalue weighted by molar-refractivity contribution is -0.484. The van der Waals surface area contributed by atoms with E-state index in [0.717, 1.165) is 11.6 Å². The number of carbonyl (C=O) groups is 8. The van der Waals surface area contributed by atoms with Gasteiger partial charge in [-0.1, -0.05) is 80.2 Å². The molecule has 5 aliphatic rings. The van der Waals surface area contributed by atoms with E-state index in [-0.39, 0.29) is 149 Å². The van der Waals surface area contributed by atoms with Crippen LogP contribution in [0.15, 0.2) is 9.98 Å². The summed E-state index contributed by atoms with van der Waals surface area (Å²) in [5, 5.41) is 34.6. The number of halogens is 4. The molecule has 6 amide bonds. The van der Waals surface area contributed by atoms with Gasteiger partial charge in [0.2, 0.25) is 0 Å². The average Bonchev–Trinajstić information content (AvgIpc) is 4.02. The van der Waals surface area contributed by atoms with Crippen LogP contribution in [0.1, 0.15) is 167 Å². The number of carboxylic acid groups (broad SMARTS) is 1. The molecular formula is C54H105BF4N8O18. The first-order valence-electron chi connectivity index (χ1n) is 26.8. The number of amidine groups is 1. The van der Waals surface area contributed by atoms with Crippen LogP contribution in [0.4, 0.5) is 12.9 Å². The second-order valence-electron chi connectivity index (χ2n) is 18.8. The molecule has 0 atom stereocenters. The van der Waals surface area contributed by atoms with Gasteiger partial charge in [0.05, 0.1) is 99.1 Å². The minimum absolute atomic E-state index is 0. The van der Waals surface area contributed by atoms with Gasteiger partial charge in [0, 0.05) is 50.6 Å². The van der Waals surface area contributed by atoms with Crippen molar-refractivity contribution in [2.24, 2.45) is 9.98 Å². The van der Waals surface area contributed by atoms with Gasteiger partial charge in [0.1, 0.15) is 13.2 Å². The molecule has 3 aliphatic heterocycles. The number of nitrogens with zero attached hydrogens (tertiary/aromatic N) is 8. The van der Waals surface area contributed by atoms with E-state index < -0.39 is 43.1 Å². The number of hydrogen-bond donors (Lipinski definition) is 4. The zero-order chi connectivity index (χ0) is 61.0. The lowest BCUT2D eigenvalue weighted by Crippen LogP contribution is -3.00. The monoisotopic (exact) mass is 1240 g/mol. The first kappa shape index (κ1) is 93.2. The van der Waals surface area contributed by atoms with E-state index in [1.54, 1.807) is 37.7 Å². The first-order chi connectivity index (χ1) is 37.8. The van der Waals surface area contributed by atoms with E-state index in [1.807, 2.05) is 0 Å². The number of aliphatic hydroxyl groups is 2. The van der Waals surface area contributed by atoms with Crippen LogP contribution in [0.2, 0.25) is 0 Å². The van der Waals surface area contributed by atoms with Gasteiger partial charge < -0.3 is 43.8 Å².